The number of aryl methyl sites for hydroxylation is 1. The molecular formula is C19H25ClN2O4. The highest BCUT2D eigenvalue weighted by Gasteiger charge is 2.17. The predicted octanol–water partition coefficient (Wildman–Crippen LogP) is 2.76. The molecule has 1 unspecified atom stereocenters. The van der Waals surface area contributed by atoms with Crippen LogP contribution in [0.3, 0.4) is 0 Å². The van der Waals surface area contributed by atoms with Crippen LogP contribution >= 0.6 is 12.4 Å². The van der Waals surface area contributed by atoms with Crippen molar-refractivity contribution in [1.82, 2.24) is 5.32 Å². The van der Waals surface area contributed by atoms with Crippen LogP contribution in [0.5, 0.6) is 17.2 Å². The highest BCUT2D eigenvalue weighted by atomic mass is 35.5. The first kappa shape index (κ1) is 21.6. The number of rotatable bonds is 7. The number of nitrogens with two attached hydrogens (primary N) is 1. The quantitative estimate of drug-likeness (QED) is 0.771. The van der Waals surface area contributed by atoms with Crippen LogP contribution in [-0.2, 0) is 11.3 Å². The summed E-state index contributed by atoms with van der Waals surface area (Å²) in [5.74, 6) is 1.33. The number of methoxy groups -OCH3 is 3. The van der Waals surface area contributed by atoms with E-state index < -0.39 is 6.04 Å². The first-order valence-corrected chi connectivity index (χ1v) is 7.89. The van der Waals surface area contributed by atoms with E-state index in [0.717, 1.165) is 16.7 Å². The van der Waals surface area contributed by atoms with Crippen LogP contribution in [0.15, 0.2) is 36.4 Å². The van der Waals surface area contributed by atoms with E-state index >= 15 is 0 Å². The SMILES string of the molecule is COc1cc(CNC(=O)C(N)c2ccc(C)cc2)cc(OC)c1OC.Cl. The summed E-state index contributed by atoms with van der Waals surface area (Å²) in [5.41, 5.74) is 8.74. The molecule has 0 heterocycles. The zero-order chi connectivity index (χ0) is 18.4. The maximum Gasteiger partial charge on any atom is 0.241 e. The molecule has 0 spiro atoms. The van der Waals surface area contributed by atoms with E-state index in [-0.39, 0.29) is 18.3 Å². The second-order valence-electron chi connectivity index (χ2n) is 5.64. The molecule has 7 heteroatoms. The van der Waals surface area contributed by atoms with Gasteiger partial charge in [0, 0.05) is 6.54 Å². The summed E-state index contributed by atoms with van der Waals surface area (Å²) < 4.78 is 15.9. The summed E-state index contributed by atoms with van der Waals surface area (Å²) in [6.45, 7) is 2.29. The Balaban J connectivity index is 0.00000338. The number of ether oxygens (including phenoxy) is 3. The molecule has 0 aliphatic heterocycles. The summed E-state index contributed by atoms with van der Waals surface area (Å²) in [7, 11) is 4.64. The Labute approximate surface area is 160 Å². The Bertz CT molecular complexity index is 710. The molecule has 1 amide bonds. The molecule has 0 saturated heterocycles. The maximum absolute atomic E-state index is 12.3. The van der Waals surface area contributed by atoms with Crippen molar-refractivity contribution >= 4 is 18.3 Å². The second-order valence-corrected chi connectivity index (χ2v) is 5.64. The van der Waals surface area contributed by atoms with Crippen LogP contribution in [0, 0.1) is 6.92 Å². The summed E-state index contributed by atoms with van der Waals surface area (Å²) in [5, 5.41) is 2.84. The van der Waals surface area contributed by atoms with Crippen molar-refractivity contribution in [1.29, 1.82) is 0 Å². The lowest BCUT2D eigenvalue weighted by Gasteiger charge is -2.16. The van der Waals surface area contributed by atoms with Crippen LogP contribution in [0.1, 0.15) is 22.7 Å². The third-order valence-electron chi connectivity index (χ3n) is 3.91. The molecule has 3 N–H and O–H groups in total. The number of nitrogens with one attached hydrogen (secondary N) is 1. The number of carbonyl (C=O) groups is 1. The van der Waals surface area contributed by atoms with Gasteiger partial charge in [-0.15, -0.1) is 12.4 Å². The maximum atomic E-state index is 12.3. The molecule has 1 atom stereocenters. The molecular weight excluding hydrogens is 356 g/mol. The fourth-order valence-electron chi connectivity index (χ4n) is 2.46. The average molecular weight is 381 g/mol. The minimum atomic E-state index is -0.720. The molecule has 26 heavy (non-hydrogen) atoms. The van der Waals surface area contributed by atoms with E-state index in [1.54, 1.807) is 33.5 Å². The lowest BCUT2D eigenvalue weighted by molar-refractivity contribution is -0.122. The van der Waals surface area contributed by atoms with Crippen LogP contribution in [0.25, 0.3) is 0 Å². The Hall–Kier alpha value is -2.44. The summed E-state index contributed by atoms with van der Waals surface area (Å²) in [4.78, 5) is 12.3. The molecule has 0 bridgehead atoms. The fraction of sp³-hybridized carbons (Fsp3) is 0.316. The summed E-state index contributed by atoms with van der Waals surface area (Å²) in [6.07, 6.45) is 0. The summed E-state index contributed by atoms with van der Waals surface area (Å²) in [6, 6.07) is 10.4. The smallest absolute Gasteiger partial charge is 0.241 e. The molecule has 2 aromatic rings. The van der Waals surface area contributed by atoms with Crippen LogP contribution in [-0.4, -0.2) is 27.2 Å². The van der Waals surface area contributed by atoms with E-state index in [1.807, 2.05) is 31.2 Å². The van der Waals surface area contributed by atoms with E-state index in [2.05, 4.69) is 5.32 Å². The topological polar surface area (TPSA) is 82.8 Å². The zero-order valence-corrected chi connectivity index (χ0v) is 16.2. The first-order chi connectivity index (χ1) is 12.0. The number of amides is 1. The summed E-state index contributed by atoms with van der Waals surface area (Å²) >= 11 is 0. The van der Waals surface area contributed by atoms with Gasteiger partial charge in [-0.25, -0.2) is 0 Å². The minimum Gasteiger partial charge on any atom is -0.493 e. The number of hydrogen-bond acceptors (Lipinski definition) is 5. The fourth-order valence-corrected chi connectivity index (χ4v) is 2.46. The van der Waals surface area contributed by atoms with Crippen LogP contribution in [0.4, 0.5) is 0 Å². The predicted molar refractivity (Wildman–Crippen MR) is 103 cm³/mol. The molecule has 2 rings (SSSR count). The van der Waals surface area contributed by atoms with Gasteiger partial charge < -0.3 is 25.3 Å². The number of halogens is 1. The Morgan fingerprint density at radius 2 is 1.58 bits per heavy atom. The van der Waals surface area contributed by atoms with Gasteiger partial charge in [0.2, 0.25) is 11.7 Å². The van der Waals surface area contributed by atoms with Crippen molar-refractivity contribution < 1.29 is 19.0 Å². The van der Waals surface area contributed by atoms with Crippen LogP contribution in [0.2, 0.25) is 0 Å². The first-order valence-electron chi connectivity index (χ1n) is 7.89. The Morgan fingerprint density at radius 3 is 2.04 bits per heavy atom. The van der Waals surface area contributed by atoms with Gasteiger partial charge in [-0.1, -0.05) is 29.8 Å². The minimum absolute atomic E-state index is 0. The van der Waals surface area contributed by atoms with Crippen molar-refractivity contribution in [2.24, 2.45) is 5.73 Å². The van der Waals surface area contributed by atoms with Crippen molar-refractivity contribution in [3.05, 3.63) is 53.1 Å². The van der Waals surface area contributed by atoms with Gasteiger partial charge in [0.15, 0.2) is 11.5 Å². The third-order valence-corrected chi connectivity index (χ3v) is 3.91. The van der Waals surface area contributed by atoms with Crippen molar-refractivity contribution in [2.75, 3.05) is 21.3 Å². The van der Waals surface area contributed by atoms with Gasteiger partial charge in [-0.05, 0) is 30.2 Å². The number of benzene rings is 2. The molecule has 142 valence electrons. The molecule has 0 radical (unpaired) electrons. The molecule has 0 fully saturated rings. The second kappa shape index (κ2) is 9.89. The number of carbonyl (C=O) groups excluding carboxylic acids is 1. The lowest BCUT2D eigenvalue weighted by atomic mass is 10.1. The number of hydrogen-bond donors (Lipinski definition) is 2. The molecule has 2 aromatic carbocycles. The highest BCUT2D eigenvalue weighted by molar-refractivity contribution is 5.85. The van der Waals surface area contributed by atoms with Crippen LogP contribution < -0.4 is 25.3 Å². The van der Waals surface area contributed by atoms with Gasteiger partial charge in [-0.2, -0.15) is 0 Å². The van der Waals surface area contributed by atoms with E-state index in [0.29, 0.717) is 23.8 Å². The molecule has 0 aromatic heterocycles. The molecule has 0 saturated carbocycles. The zero-order valence-electron chi connectivity index (χ0n) is 15.4. The average Bonchev–Trinajstić information content (AvgIpc) is 2.64. The Kier molecular flexibility index (Phi) is 8.22. The molecule has 0 aliphatic carbocycles. The highest BCUT2D eigenvalue weighted by Crippen LogP contribution is 2.38. The largest absolute Gasteiger partial charge is 0.493 e. The molecule has 0 aliphatic rings. The van der Waals surface area contributed by atoms with E-state index in [9.17, 15) is 4.79 Å². The van der Waals surface area contributed by atoms with Crippen molar-refractivity contribution in [2.45, 2.75) is 19.5 Å². The van der Waals surface area contributed by atoms with Crippen molar-refractivity contribution in [3.8, 4) is 17.2 Å². The standard InChI is InChI=1S/C19H24N2O4.ClH/c1-12-5-7-14(8-6-12)17(20)19(22)21-11-13-9-15(23-2)18(25-4)16(10-13)24-3;/h5-10,17H,11,20H2,1-4H3,(H,21,22);1H. The molecule has 6 nitrogen and oxygen atoms in total. The normalized spacial score (nSPS) is 11.1. The van der Waals surface area contributed by atoms with E-state index in [4.69, 9.17) is 19.9 Å². The Morgan fingerprint density at radius 1 is 1.04 bits per heavy atom. The van der Waals surface area contributed by atoms with Gasteiger partial charge in [0.05, 0.1) is 21.3 Å². The van der Waals surface area contributed by atoms with Crippen molar-refractivity contribution in [3.63, 3.8) is 0 Å². The van der Waals surface area contributed by atoms with Gasteiger partial charge in [-0.3, -0.25) is 4.79 Å². The van der Waals surface area contributed by atoms with Gasteiger partial charge >= 0.3 is 0 Å². The van der Waals surface area contributed by atoms with E-state index in [1.165, 1.54) is 0 Å². The monoisotopic (exact) mass is 380 g/mol. The lowest BCUT2D eigenvalue weighted by Crippen LogP contribution is -2.33. The van der Waals surface area contributed by atoms with Gasteiger partial charge in [0.1, 0.15) is 6.04 Å². The van der Waals surface area contributed by atoms with Gasteiger partial charge in [0.25, 0.3) is 0 Å². The third kappa shape index (κ3) is 5.03.